The molecule has 1 aromatic heterocycles. The van der Waals surface area contributed by atoms with Crippen molar-refractivity contribution in [2.45, 2.75) is 44.5 Å². The van der Waals surface area contributed by atoms with Gasteiger partial charge in [0.15, 0.2) is 0 Å². The van der Waals surface area contributed by atoms with Crippen LogP contribution in [0.1, 0.15) is 43.4 Å². The molecule has 17 heavy (non-hydrogen) atoms. The maximum absolute atomic E-state index is 12.0. The van der Waals surface area contributed by atoms with E-state index in [1.807, 2.05) is 19.9 Å². The van der Waals surface area contributed by atoms with Crippen LogP contribution in [0.4, 0.5) is 0 Å². The number of nitrogens with zero attached hydrogens (tertiary/aromatic N) is 2. The van der Waals surface area contributed by atoms with Gasteiger partial charge in [-0.25, -0.2) is 0 Å². The Bertz CT molecular complexity index is 387. The Morgan fingerprint density at radius 3 is 2.71 bits per heavy atom. The number of nitrogens with one attached hydrogen (secondary N) is 1. The molecule has 4 nitrogen and oxygen atoms in total. The van der Waals surface area contributed by atoms with Gasteiger partial charge in [0.1, 0.15) is 5.69 Å². The quantitative estimate of drug-likeness (QED) is 0.848. The first kappa shape index (κ1) is 14.2. The van der Waals surface area contributed by atoms with E-state index in [1.165, 1.54) is 0 Å². The van der Waals surface area contributed by atoms with Crippen LogP contribution < -0.4 is 5.32 Å². The van der Waals surface area contributed by atoms with E-state index in [2.05, 4.69) is 33.3 Å². The zero-order valence-corrected chi connectivity index (χ0v) is 12.4. The van der Waals surface area contributed by atoms with Gasteiger partial charge in [-0.1, -0.05) is 29.8 Å². The maximum atomic E-state index is 12.0. The lowest BCUT2D eigenvalue weighted by Crippen LogP contribution is -2.34. The van der Waals surface area contributed by atoms with Crippen molar-refractivity contribution in [2.75, 3.05) is 0 Å². The van der Waals surface area contributed by atoms with E-state index in [4.69, 9.17) is 0 Å². The van der Waals surface area contributed by atoms with Crippen molar-refractivity contribution in [2.24, 2.45) is 7.05 Å². The van der Waals surface area contributed by atoms with Gasteiger partial charge in [-0.05, 0) is 25.8 Å². The number of rotatable bonds is 5. The number of aromatic nitrogens is 2. The van der Waals surface area contributed by atoms with E-state index >= 15 is 0 Å². The monoisotopic (exact) mass is 301 g/mol. The van der Waals surface area contributed by atoms with Gasteiger partial charge in [-0.3, -0.25) is 9.48 Å². The average Bonchev–Trinajstić information content (AvgIpc) is 2.58. The van der Waals surface area contributed by atoms with Gasteiger partial charge in [0, 0.05) is 17.9 Å². The summed E-state index contributed by atoms with van der Waals surface area (Å²) in [6, 6.07) is 2.00. The molecule has 96 valence electrons. The molecule has 0 fully saturated rings. The minimum Gasteiger partial charge on any atom is -0.348 e. The van der Waals surface area contributed by atoms with E-state index in [-0.39, 0.29) is 11.9 Å². The van der Waals surface area contributed by atoms with Crippen LogP contribution in [0.2, 0.25) is 0 Å². The fourth-order valence-corrected chi connectivity index (χ4v) is 2.32. The van der Waals surface area contributed by atoms with E-state index in [1.54, 1.807) is 11.7 Å². The SMILES string of the molecule is CCc1cc(C(=O)NC(C)CC(C)Br)n(C)n1. The molecule has 0 saturated carbocycles. The fourth-order valence-electron chi connectivity index (χ4n) is 1.76. The van der Waals surface area contributed by atoms with Gasteiger partial charge in [0.05, 0.1) is 5.69 Å². The minimum absolute atomic E-state index is 0.0552. The van der Waals surface area contributed by atoms with Gasteiger partial charge in [0.2, 0.25) is 0 Å². The summed E-state index contributed by atoms with van der Waals surface area (Å²) in [5.41, 5.74) is 1.56. The van der Waals surface area contributed by atoms with Gasteiger partial charge in [0.25, 0.3) is 5.91 Å². The topological polar surface area (TPSA) is 46.9 Å². The Balaban J connectivity index is 2.66. The Kier molecular flexibility index (Phi) is 5.18. The molecule has 5 heteroatoms. The molecule has 0 aliphatic carbocycles. The average molecular weight is 302 g/mol. The molecular formula is C12H20BrN3O. The molecule has 1 N–H and O–H groups in total. The smallest absolute Gasteiger partial charge is 0.269 e. The number of amides is 1. The number of alkyl halides is 1. The first-order valence-corrected chi connectivity index (χ1v) is 6.83. The lowest BCUT2D eigenvalue weighted by molar-refractivity contribution is 0.0929. The zero-order valence-electron chi connectivity index (χ0n) is 10.8. The highest BCUT2D eigenvalue weighted by Gasteiger charge is 2.15. The van der Waals surface area contributed by atoms with Crippen LogP contribution in [0.25, 0.3) is 0 Å². The highest BCUT2D eigenvalue weighted by Crippen LogP contribution is 2.08. The summed E-state index contributed by atoms with van der Waals surface area (Å²) in [6.45, 7) is 6.10. The van der Waals surface area contributed by atoms with E-state index in [0.717, 1.165) is 18.5 Å². The third-order valence-corrected chi connectivity index (χ3v) is 2.95. The van der Waals surface area contributed by atoms with E-state index in [0.29, 0.717) is 10.5 Å². The van der Waals surface area contributed by atoms with Crippen molar-refractivity contribution in [1.82, 2.24) is 15.1 Å². The molecule has 1 rings (SSSR count). The number of carbonyl (C=O) groups is 1. The van der Waals surface area contributed by atoms with Crippen molar-refractivity contribution in [3.63, 3.8) is 0 Å². The largest absolute Gasteiger partial charge is 0.348 e. The predicted octanol–water partition coefficient (Wildman–Crippen LogP) is 2.27. The maximum Gasteiger partial charge on any atom is 0.269 e. The summed E-state index contributed by atoms with van der Waals surface area (Å²) >= 11 is 3.48. The van der Waals surface area contributed by atoms with Crippen LogP contribution in [-0.2, 0) is 13.5 Å². The molecule has 0 saturated heterocycles. The lowest BCUT2D eigenvalue weighted by atomic mass is 10.2. The molecule has 1 amide bonds. The van der Waals surface area contributed by atoms with Crippen LogP contribution in [0, 0.1) is 0 Å². The summed E-state index contributed by atoms with van der Waals surface area (Å²) in [7, 11) is 1.80. The third kappa shape index (κ3) is 4.15. The standard InChI is InChI=1S/C12H20BrN3O/c1-5-10-7-11(16(4)15-10)12(17)14-9(3)6-8(2)13/h7-9H,5-6H2,1-4H3,(H,14,17). The van der Waals surface area contributed by atoms with Crippen molar-refractivity contribution >= 4 is 21.8 Å². The summed E-state index contributed by atoms with van der Waals surface area (Å²) in [4.78, 5) is 12.4. The van der Waals surface area contributed by atoms with Crippen LogP contribution >= 0.6 is 15.9 Å². The molecule has 0 aromatic carbocycles. The minimum atomic E-state index is -0.0552. The third-order valence-electron chi connectivity index (χ3n) is 2.58. The van der Waals surface area contributed by atoms with Gasteiger partial charge in [-0.2, -0.15) is 5.10 Å². The molecule has 0 aliphatic heterocycles. The number of hydrogen-bond donors (Lipinski definition) is 1. The summed E-state index contributed by atoms with van der Waals surface area (Å²) in [6.07, 6.45) is 1.75. The molecule has 0 bridgehead atoms. The van der Waals surface area contributed by atoms with Crippen LogP contribution in [0.3, 0.4) is 0 Å². The first-order chi connectivity index (χ1) is 7.93. The van der Waals surface area contributed by atoms with Gasteiger partial charge >= 0.3 is 0 Å². The number of halogens is 1. The van der Waals surface area contributed by atoms with E-state index < -0.39 is 0 Å². The molecule has 2 unspecified atom stereocenters. The molecule has 0 aliphatic rings. The summed E-state index contributed by atoms with van der Waals surface area (Å²) in [5.74, 6) is -0.0552. The highest BCUT2D eigenvalue weighted by molar-refractivity contribution is 9.09. The Morgan fingerprint density at radius 1 is 1.59 bits per heavy atom. The second-order valence-electron chi connectivity index (χ2n) is 4.39. The Labute approximate surface area is 111 Å². The van der Waals surface area contributed by atoms with Crippen molar-refractivity contribution in [3.05, 3.63) is 17.5 Å². The zero-order chi connectivity index (χ0) is 13.0. The summed E-state index contributed by atoms with van der Waals surface area (Å²) in [5, 5.41) is 7.24. The molecule has 2 atom stereocenters. The fraction of sp³-hybridized carbons (Fsp3) is 0.667. The molecular weight excluding hydrogens is 282 g/mol. The van der Waals surface area contributed by atoms with Crippen LogP contribution in [0.15, 0.2) is 6.07 Å². The van der Waals surface area contributed by atoms with Gasteiger partial charge < -0.3 is 5.32 Å². The molecule has 1 aromatic rings. The van der Waals surface area contributed by atoms with Crippen molar-refractivity contribution in [3.8, 4) is 0 Å². The molecule has 1 heterocycles. The predicted molar refractivity (Wildman–Crippen MR) is 72.5 cm³/mol. The number of hydrogen-bond acceptors (Lipinski definition) is 2. The Morgan fingerprint density at radius 2 is 2.24 bits per heavy atom. The number of aryl methyl sites for hydroxylation is 2. The van der Waals surface area contributed by atoms with Crippen molar-refractivity contribution < 1.29 is 4.79 Å². The molecule has 0 radical (unpaired) electrons. The van der Waals surface area contributed by atoms with Crippen LogP contribution in [-0.4, -0.2) is 26.6 Å². The number of carbonyl (C=O) groups excluding carboxylic acids is 1. The van der Waals surface area contributed by atoms with Crippen molar-refractivity contribution in [1.29, 1.82) is 0 Å². The second kappa shape index (κ2) is 6.19. The highest BCUT2D eigenvalue weighted by atomic mass is 79.9. The first-order valence-electron chi connectivity index (χ1n) is 5.91. The van der Waals surface area contributed by atoms with Crippen LogP contribution in [0.5, 0.6) is 0 Å². The Hall–Kier alpha value is -0.840. The molecule has 0 spiro atoms. The summed E-state index contributed by atoms with van der Waals surface area (Å²) < 4.78 is 1.64. The van der Waals surface area contributed by atoms with E-state index in [9.17, 15) is 4.79 Å². The second-order valence-corrected chi connectivity index (χ2v) is 5.95. The van der Waals surface area contributed by atoms with Gasteiger partial charge in [-0.15, -0.1) is 0 Å². The lowest BCUT2D eigenvalue weighted by Gasteiger charge is -2.14. The normalized spacial score (nSPS) is 14.4.